The lowest BCUT2D eigenvalue weighted by atomic mass is 10.0. The van der Waals surface area contributed by atoms with Crippen molar-refractivity contribution in [3.8, 4) is 5.75 Å². The molecule has 0 bridgehead atoms. The summed E-state index contributed by atoms with van der Waals surface area (Å²) >= 11 is 12.5. The Balaban J connectivity index is 1.81. The van der Waals surface area contributed by atoms with Crippen molar-refractivity contribution >= 4 is 50.7 Å². The molecule has 0 aromatic heterocycles. The quantitative estimate of drug-likeness (QED) is 0.155. The fourth-order valence-electron chi connectivity index (χ4n) is 4.93. The third kappa shape index (κ3) is 9.50. The van der Waals surface area contributed by atoms with Gasteiger partial charge in [-0.25, -0.2) is 8.42 Å². The topological polar surface area (TPSA) is 96.0 Å². The lowest BCUT2D eigenvalue weighted by molar-refractivity contribution is -0.140. The van der Waals surface area contributed by atoms with Gasteiger partial charge in [-0.15, -0.1) is 0 Å². The van der Waals surface area contributed by atoms with Crippen LogP contribution in [0.15, 0.2) is 102 Å². The number of nitrogens with zero attached hydrogens (tertiary/aromatic N) is 2. The molecule has 0 unspecified atom stereocenters. The van der Waals surface area contributed by atoms with Gasteiger partial charge in [0.15, 0.2) is 0 Å². The zero-order valence-electron chi connectivity index (χ0n) is 26.8. The molecule has 0 saturated carbocycles. The van der Waals surface area contributed by atoms with Gasteiger partial charge < -0.3 is 15.0 Å². The molecule has 0 fully saturated rings. The zero-order valence-corrected chi connectivity index (χ0v) is 29.1. The number of carbonyl (C=O) groups excluding carboxylic acids is 2. The van der Waals surface area contributed by atoms with Gasteiger partial charge in [0, 0.05) is 19.5 Å². The van der Waals surface area contributed by atoms with Crippen molar-refractivity contribution in [3.63, 3.8) is 0 Å². The lowest BCUT2D eigenvalue weighted by Crippen LogP contribution is -2.53. The highest BCUT2D eigenvalue weighted by Gasteiger charge is 2.34. The summed E-state index contributed by atoms with van der Waals surface area (Å²) in [6.45, 7) is 5.66. The Morgan fingerprint density at radius 3 is 2.11 bits per heavy atom. The average molecular weight is 697 g/mol. The number of nitrogens with one attached hydrogen (secondary N) is 1. The van der Waals surface area contributed by atoms with E-state index in [1.165, 1.54) is 24.1 Å². The van der Waals surface area contributed by atoms with Gasteiger partial charge in [-0.3, -0.25) is 13.9 Å². The number of rotatable bonds is 14. The van der Waals surface area contributed by atoms with E-state index in [-0.39, 0.29) is 29.7 Å². The smallest absolute Gasteiger partial charge is 0.264 e. The summed E-state index contributed by atoms with van der Waals surface area (Å²) in [4.78, 5) is 29.9. The number of benzene rings is 4. The number of amides is 2. The van der Waals surface area contributed by atoms with Gasteiger partial charge in [0.1, 0.15) is 18.3 Å². The predicted octanol–water partition coefficient (Wildman–Crippen LogP) is 6.92. The molecule has 11 heteroatoms. The highest BCUT2D eigenvalue weighted by Crippen LogP contribution is 2.28. The maximum atomic E-state index is 14.6. The zero-order chi connectivity index (χ0) is 34.1. The van der Waals surface area contributed by atoms with Gasteiger partial charge >= 0.3 is 0 Å². The number of aryl methyl sites for hydroxylation is 1. The second-order valence-corrected chi connectivity index (χ2v) is 14.3. The van der Waals surface area contributed by atoms with Crippen LogP contribution in [-0.2, 0) is 32.6 Å². The van der Waals surface area contributed by atoms with Crippen molar-refractivity contribution in [2.75, 3.05) is 24.5 Å². The Morgan fingerprint density at radius 2 is 1.51 bits per heavy atom. The van der Waals surface area contributed by atoms with Gasteiger partial charge in [0.2, 0.25) is 11.8 Å². The minimum atomic E-state index is -4.24. The van der Waals surface area contributed by atoms with Crippen LogP contribution < -0.4 is 14.4 Å². The van der Waals surface area contributed by atoms with E-state index in [0.29, 0.717) is 33.6 Å². The van der Waals surface area contributed by atoms with Crippen molar-refractivity contribution < 1.29 is 22.7 Å². The lowest BCUT2D eigenvalue weighted by Gasteiger charge is -2.34. The first kappa shape index (κ1) is 35.8. The number of anilines is 1. The second-order valence-electron chi connectivity index (χ2n) is 11.6. The Bertz CT molecular complexity index is 1770. The normalized spacial score (nSPS) is 12.0. The maximum absolute atomic E-state index is 14.6. The minimum Gasteiger partial charge on any atom is -0.497 e. The van der Waals surface area contributed by atoms with Gasteiger partial charge in [-0.05, 0) is 72.5 Å². The molecule has 248 valence electrons. The van der Waals surface area contributed by atoms with E-state index in [9.17, 15) is 18.0 Å². The predicted molar refractivity (Wildman–Crippen MR) is 187 cm³/mol. The molecule has 4 aromatic rings. The first-order valence-corrected chi connectivity index (χ1v) is 17.4. The second kappa shape index (κ2) is 16.2. The van der Waals surface area contributed by atoms with Crippen molar-refractivity contribution in [1.29, 1.82) is 0 Å². The van der Waals surface area contributed by atoms with E-state index < -0.39 is 28.5 Å². The molecule has 4 rings (SSSR count). The first-order chi connectivity index (χ1) is 22.4. The summed E-state index contributed by atoms with van der Waals surface area (Å²) < 4.78 is 34.7. The highest BCUT2D eigenvalue weighted by molar-refractivity contribution is 7.92. The van der Waals surface area contributed by atoms with Crippen LogP contribution in [0.25, 0.3) is 0 Å². The largest absolute Gasteiger partial charge is 0.497 e. The van der Waals surface area contributed by atoms with Crippen LogP contribution in [0, 0.1) is 12.8 Å². The van der Waals surface area contributed by atoms with Gasteiger partial charge in [-0.1, -0.05) is 91.1 Å². The summed E-state index contributed by atoms with van der Waals surface area (Å²) in [5, 5.41) is 3.62. The minimum absolute atomic E-state index is 0.0155. The number of hydrogen-bond acceptors (Lipinski definition) is 5. The highest BCUT2D eigenvalue weighted by atomic mass is 35.5. The number of methoxy groups -OCH3 is 1. The van der Waals surface area contributed by atoms with E-state index in [1.54, 1.807) is 54.6 Å². The van der Waals surface area contributed by atoms with Crippen LogP contribution in [0.2, 0.25) is 10.0 Å². The van der Waals surface area contributed by atoms with Crippen LogP contribution >= 0.6 is 23.2 Å². The monoisotopic (exact) mass is 695 g/mol. The molecule has 8 nitrogen and oxygen atoms in total. The van der Waals surface area contributed by atoms with Crippen molar-refractivity contribution in [2.24, 2.45) is 5.92 Å². The van der Waals surface area contributed by atoms with Crippen molar-refractivity contribution in [2.45, 2.75) is 44.7 Å². The van der Waals surface area contributed by atoms with E-state index >= 15 is 0 Å². The van der Waals surface area contributed by atoms with Gasteiger partial charge in [0.25, 0.3) is 10.0 Å². The third-order valence-corrected chi connectivity index (χ3v) is 10.1. The Hall–Kier alpha value is -4.05. The van der Waals surface area contributed by atoms with Gasteiger partial charge in [-0.2, -0.15) is 0 Å². The molecule has 0 aliphatic heterocycles. The van der Waals surface area contributed by atoms with Crippen LogP contribution in [0.1, 0.15) is 30.5 Å². The van der Waals surface area contributed by atoms with Crippen LogP contribution in [0.3, 0.4) is 0 Å². The third-order valence-electron chi connectivity index (χ3n) is 7.54. The summed E-state index contributed by atoms with van der Waals surface area (Å²) in [6.07, 6.45) is 0.202. The summed E-state index contributed by atoms with van der Waals surface area (Å²) in [5.74, 6) is -0.265. The summed E-state index contributed by atoms with van der Waals surface area (Å²) in [6, 6.07) is 26.2. The molecular weight excluding hydrogens is 657 g/mol. The average Bonchev–Trinajstić information content (AvgIpc) is 3.06. The van der Waals surface area contributed by atoms with Gasteiger partial charge in [0.05, 0.1) is 27.7 Å². The number of halogens is 2. The Labute approximate surface area is 287 Å². The molecule has 0 spiro atoms. The van der Waals surface area contributed by atoms with Crippen LogP contribution in [0.5, 0.6) is 5.75 Å². The molecule has 1 atom stereocenters. The number of sulfonamides is 1. The Morgan fingerprint density at radius 1 is 0.851 bits per heavy atom. The molecular formula is C36H39Cl2N3O5S. The van der Waals surface area contributed by atoms with Crippen LogP contribution in [0.4, 0.5) is 5.69 Å². The molecule has 4 aromatic carbocycles. The Kier molecular flexibility index (Phi) is 12.3. The fourth-order valence-corrected chi connectivity index (χ4v) is 6.66. The molecule has 0 saturated heterocycles. The molecule has 2 amide bonds. The molecule has 0 heterocycles. The number of carbonyl (C=O) groups is 2. The molecule has 47 heavy (non-hydrogen) atoms. The fraction of sp³-hybridized carbons (Fsp3) is 0.278. The molecule has 0 radical (unpaired) electrons. The summed E-state index contributed by atoms with van der Waals surface area (Å²) in [7, 11) is -2.75. The van der Waals surface area contributed by atoms with E-state index in [4.69, 9.17) is 27.9 Å². The molecule has 0 aliphatic carbocycles. The van der Waals surface area contributed by atoms with E-state index in [2.05, 4.69) is 5.32 Å². The maximum Gasteiger partial charge on any atom is 0.264 e. The van der Waals surface area contributed by atoms with Crippen molar-refractivity contribution in [1.82, 2.24) is 10.2 Å². The first-order valence-electron chi connectivity index (χ1n) is 15.2. The van der Waals surface area contributed by atoms with E-state index in [1.807, 2.05) is 51.1 Å². The number of ether oxygens (including phenoxy) is 1. The van der Waals surface area contributed by atoms with Crippen molar-refractivity contribution in [3.05, 3.63) is 124 Å². The molecule has 0 aliphatic rings. The SMILES string of the molecule is COc1ccc(S(=O)(=O)N(CC(=O)N(Cc2ccc(Cl)c(Cl)c2)[C@H](Cc2ccccc2)C(=O)NCC(C)C)c2ccc(C)cc2)cc1. The number of hydrogen-bond donors (Lipinski definition) is 1. The molecule has 1 N–H and O–H groups in total. The summed E-state index contributed by atoms with van der Waals surface area (Å²) in [5.41, 5.74) is 2.69. The van der Waals surface area contributed by atoms with Crippen LogP contribution in [-0.4, -0.2) is 51.4 Å². The van der Waals surface area contributed by atoms with E-state index in [0.717, 1.165) is 15.4 Å². The standard InChI is InChI=1S/C36H39Cl2N3O5S/c1-25(2)22-39-36(43)34(21-27-8-6-5-7-9-27)40(23-28-12-19-32(37)33(38)20-28)35(42)24-41(29-13-10-26(3)11-14-29)47(44,45)31-17-15-30(46-4)16-18-31/h5-20,25,34H,21-24H2,1-4H3,(H,39,43)/t34-/m1/s1.